The number of allylic oxidation sites excluding steroid dienone is 1. The van der Waals surface area contributed by atoms with Crippen molar-refractivity contribution in [2.45, 2.75) is 32.7 Å². The fourth-order valence-corrected chi connectivity index (χ4v) is 5.58. The van der Waals surface area contributed by atoms with Crippen molar-refractivity contribution in [3.8, 4) is 11.5 Å². The second-order valence-corrected chi connectivity index (χ2v) is 9.69. The average Bonchev–Trinajstić information content (AvgIpc) is 3.46. The van der Waals surface area contributed by atoms with Crippen LogP contribution in [0.1, 0.15) is 43.2 Å². The van der Waals surface area contributed by atoms with E-state index in [9.17, 15) is 9.59 Å². The van der Waals surface area contributed by atoms with Crippen LogP contribution in [0.2, 0.25) is 0 Å². The van der Waals surface area contributed by atoms with Crippen LogP contribution in [0.3, 0.4) is 0 Å². The van der Waals surface area contributed by atoms with E-state index in [0.29, 0.717) is 44.3 Å². The SMILES string of the molecule is CCCCOc1ccc(C2C(C(=O)OC)=C(C)N=c3s/c(=C\c4cccs4)c(=O)n32)cc1OC. The van der Waals surface area contributed by atoms with Crippen LogP contribution in [0.5, 0.6) is 11.5 Å². The standard InChI is InChI=1S/C25H26N2O5S2/c1-5-6-11-32-18-10-9-16(13-19(18)30-3)22-21(24(29)31-4)15(2)26-25-27(22)23(28)20(34-25)14-17-8-7-12-33-17/h7-10,12-14,22H,5-6,11H2,1-4H3/b20-14-. The maximum atomic E-state index is 13.5. The normalized spacial score (nSPS) is 15.6. The van der Waals surface area contributed by atoms with Crippen LogP contribution in [0.25, 0.3) is 6.08 Å². The number of thiophene rings is 1. The molecule has 1 atom stereocenters. The minimum absolute atomic E-state index is 0.210. The molecule has 1 unspecified atom stereocenters. The molecule has 4 rings (SSSR count). The van der Waals surface area contributed by atoms with Crippen molar-refractivity contribution < 1.29 is 19.0 Å². The van der Waals surface area contributed by atoms with Gasteiger partial charge in [0.2, 0.25) is 0 Å². The fraction of sp³-hybridized carbons (Fsp3) is 0.320. The number of ether oxygens (including phenoxy) is 3. The van der Waals surface area contributed by atoms with Gasteiger partial charge in [0.1, 0.15) is 0 Å². The summed E-state index contributed by atoms with van der Waals surface area (Å²) in [6, 6.07) is 8.67. The van der Waals surface area contributed by atoms with E-state index in [2.05, 4.69) is 11.9 Å². The Morgan fingerprint density at radius 2 is 2.06 bits per heavy atom. The molecule has 0 radical (unpaired) electrons. The van der Waals surface area contributed by atoms with Crippen LogP contribution in [-0.4, -0.2) is 31.4 Å². The Morgan fingerprint density at radius 1 is 1.24 bits per heavy atom. The van der Waals surface area contributed by atoms with Gasteiger partial charge in [-0.2, -0.15) is 0 Å². The topological polar surface area (TPSA) is 79.1 Å². The van der Waals surface area contributed by atoms with Gasteiger partial charge in [0.15, 0.2) is 16.3 Å². The first-order valence-electron chi connectivity index (χ1n) is 10.9. The highest BCUT2D eigenvalue weighted by Crippen LogP contribution is 2.36. The summed E-state index contributed by atoms with van der Waals surface area (Å²) < 4.78 is 18.6. The minimum Gasteiger partial charge on any atom is -0.493 e. The van der Waals surface area contributed by atoms with Crippen molar-refractivity contribution >= 4 is 34.7 Å². The molecule has 0 bridgehead atoms. The molecule has 1 aliphatic heterocycles. The summed E-state index contributed by atoms with van der Waals surface area (Å²) in [5, 5.41) is 1.96. The lowest BCUT2D eigenvalue weighted by Gasteiger charge is -2.25. The maximum absolute atomic E-state index is 13.5. The lowest BCUT2D eigenvalue weighted by Crippen LogP contribution is -2.39. The predicted molar refractivity (Wildman–Crippen MR) is 133 cm³/mol. The number of carbonyl (C=O) groups excluding carboxylic acids is 1. The average molecular weight is 499 g/mol. The van der Waals surface area contributed by atoms with E-state index >= 15 is 0 Å². The molecule has 0 spiro atoms. The van der Waals surface area contributed by atoms with Gasteiger partial charge >= 0.3 is 5.97 Å². The molecular weight excluding hydrogens is 472 g/mol. The zero-order valence-electron chi connectivity index (χ0n) is 19.5. The highest BCUT2D eigenvalue weighted by Gasteiger charge is 2.33. The summed E-state index contributed by atoms with van der Waals surface area (Å²) in [5.74, 6) is 0.624. The van der Waals surface area contributed by atoms with Gasteiger partial charge in [-0.1, -0.05) is 36.8 Å². The Hall–Kier alpha value is -3.17. The van der Waals surface area contributed by atoms with Crippen LogP contribution in [0.4, 0.5) is 0 Å². The van der Waals surface area contributed by atoms with Crippen LogP contribution < -0.4 is 24.4 Å². The van der Waals surface area contributed by atoms with Gasteiger partial charge in [-0.3, -0.25) is 9.36 Å². The molecule has 0 N–H and O–H groups in total. The Labute approximate surface area is 205 Å². The van der Waals surface area contributed by atoms with Gasteiger partial charge < -0.3 is 14.2 Å². The molecule has 178 valence electrons. The first-order chi connectivity index (χ1) is 16.5. The predicted octanol–water partition coefficient (Wildman–Crippen LogP) is 3.66. The summed E-state index contributed by atoms with van der Waals surface area (Å²) in [6.45, 7) is 4.44. The number of esters is 1. The van der Waals surface area contributed by atoms with Crippen LogP contribution in [0.15, 0.2) is 56.8 Å². The Bertz CT molecular complexity index is 1400. The largest absolute Gasteiger partial charge is 0.493 e. The van der Waals surface area contributed by atoms with Crippen molar-refractivity contribution in [2.24, 2.45) is 4.99 Å². The smallest absolute Gasteiger partial charge is 0.338 e. The summed E-state index contributed by atoms with van der Waals surface area (Å²) in [6.07, 6.45) is 3.81. The number of fused-ring (bicyclic) bond motifs is 1. The van der Waals surface area contributed by atoms with Gasteiger partial charge in [0.25, 0.3) is 5.56 Å². The molecule has 0 amide bonds. The zero-order valence-corrected chi connectivity index (χ0v) is 21.1. The van der Waals surface area contributed by atoms with Crippen molar-refractivity contribution in [3.63, 3.8) is 0 Å². The number of benzene rings is 1. The number of rotatable bonds is 8. The first-order valence-corrected chi connectivity index (χ1v) is 12.6. The van der Waals surface area contributed by atoms with Gasteiger partial charge in [0, 0.05) is 4.88 Å². The van der Waals surface area contributed by atoms with Crippen molar-refractivity contribution in [2.75, 3.05) is 20.8 Å². The molecule has 1 aliphatic rings. The molecule has 3 aromatic rings. The van der Waals surface area contributed by atoms with Crippen LogP contribution >= 0.6 is 22.7 Å². The van der Waals surface area contributed by atoms with Crippen molar-refractivity contribution in [1.82, 2.24) is 4.57 Å². The van der Waals surface area contributed by atoms with E-state index in [-0.39, 0.29) is 5.56 Å². The number of thiazole rings is 1. The maximum Gasteiger partial charge on any atom is 0.338 e. The molecular formula is C25H26N2O5S2. The molecule has 0 saturated heterocycles. The van der Waals surface area contributed by atoms with E-state index in [4.69, 9.17) is 14.2 Å². The third-order valence-corrected chi connectivity index (χ3v) is 7.30. The molecule has 0 fully saturated rings. The summed E-state index contributed by atoms with van der Waals surface area (Å²) in [4.78, 5) is 32.5. The lowest BCUT2D eigenvalue weighted by atomic mass is 9.95. The highest BCUT2D eigenvalue weighted by molar-refractivity contribution is 7.11. The Balaban J connectivity index is 1.89. The van der Waals surface area contributed by atoms with Crippen molar-refractivity contribution in [1.29, 1.82) is 0 Å². The molecule has 9 heteroatoms. The Kier molecular flexibility index (Phi) is 7.33. The number of unbranched alkanes of at least 4 members (excludes halogenated alkanes) is 1. The molecule has 7 nitrogen and oxygen atoms in total. The number of hydrogen-bond acceptors (Lipinski definition) is 8. The second kappa shape index (κ2) is 10.4. The molecule has 0 aliphatic carbocycles. The van der Waals surface area contributed by atoms with Gasteiger partial charge in [0.05, 0.1) is 42.7 Å². The number of hydrogen-bond donors (Lipinski definition) is 0. The first kappa shape index (κ1) is 24.0. The van der Waals surface area contributed by atoms with E-state index in [1.807, 2.05) is 41.8 Å². The van der Waals surface area contributed by atoms with Gasteiger partial charge in [-0.05, 0) is 48.6 Å². The number of nitrogens with zero attached hydrogens (tertiary/aromatic N) is 2. The summed E-state index contributed by atoms with van der Waals surface area (Å²) >= 11 is 2.85. The Morgan fingerprint density at radius 3 is 2.74 bits per heavy atom. The second-order valence-electron chi connectivity index (χ2n) is 7.70. The van der Waals surface area contributed by atoms with E-state index in [0.717, 1.165) is 17.7 Å². The molecule has 1 aromatic carbocycles. The highest BCUT2D eigenvalue weighted by atomic mass is 32.1. The quantitative estimate of drug-likeness (QED) is 0.350. The summed E-state index contributed by atoms with van der Waals surface area (Å²) in [7, 11) is 2.90. The van der Waals surface area contributed by atoms with E-state index < -0.39 is 12.0 Å². The lowest BCUT2D eigenvalue weighted by molar-refractivity contribution is -0.136. The molecule has 34 heavy (non-hydrogen) atoms. The molecule has 0 saturated carbocycles. The van der Waals surface area contributed by atoms with Gasteiger partial charge in [-0.15, -0.1) is 11.3 Å². The van der Waals surface area contributed by atoms with E-state index in [1.54, 1.807) is 29.9 Å². The zero-order chi connectivity index (χ0) is 24.2. The van der Waals surface area contributed by atoms with Crippen molar-refractivity contribution in [3.05, 3.63) is 77.1 Å². The van der Waals surface area contributed by atoms with E-state index in [1.165, 1.54) is 18.4 Å². The number of carbonyl (C=O) groups is 1. The fourth-order valence-electron chi connectivity index (χ4n) is 3.81. The number of methoxy groups -OCH3 is 2. The third-order valence-electron chi connectivity index (χ3n) is 5.50. The third kappa shape index (κ3) is 4.58. The van der Waals surface area contributed by atoms with Crippen LogP contribution in [-0.2, 0) is 9.53 Å². The molecule has 3 heterocycles. The number of aromatic nitrogens is 1. The molecule has 2 aromatic heterocycles. The monoisotopic (exact) mass is 498 g/mol. The summed E-state index contributed by atoms with van der Waals surface area (Å²) in [5.41, 5.74) is 1.33. The van der Waals surface area contributed by atoms with Crippen LogP contribution in [0, 0.1) is 0 Å². The minimum atomic E-state index is -0.701. The van der Waals surface area contributed by atoms with Gasteiger partial charge in [-0.25, -0.2) is 9.79 Å².